The molecule has 1 aliphatic heterocycles. The van der Waals surface area contributed by atoms with Crippen LogP contribution in [-0.4, -0.2) is 29.1 Å². The first-order valence-electron chi connectivity index (χ1n) is 5.40. The van der Waals surface area contributed by atoms with E-state index in [0.717, 1.165) is 36.8 Å². The molecule has 0 atom stereocenters. The Morgan fingerprint density at radius 3 is 2.07 bits per heavy atom. The third-order valence-electron chi connectivity index (χ3n) is 2.99. The monoisotopic (exact) mass is 227 g/mol. The molecule has 0 unspecified atom stereocenters. The Morgan fingerprint density at radius 1 is 1.07 bits per heavy atom. The van der Waals surface area contributed by atoms with E-state index >= 15 is 0 Å². The summed E-state index contributed by atoms with van der Waals surface area (Å²) in [5.41, 5.74) is 1.53. The Morgan fingerprint density at radius 2 is 1.60 bits per heavy atom. The predicted octanol–water partition coefficient (Wildman–Crippen LogP) is 1.85. The molecule has 0 spiro atoms. The fourth-order valence-electron chi connectivity index (χ4n) is 2.22. The molecule has 4 heteroatoms. The molecule has 0 saturated heterocycles. The lowest BCUT2D eigenvalue weighted by atomic mass is 9.93. The highest BCUT2D eigenvalue weighted by Crippen LogP contribution is 2.32. The van der Waals surface area contributed by atoms with Crippen LogP contribution in [0.5, 0.6) is 0 Å². The minimum absolute atomic E-state index is 0.0696. The lowest BCUT2D eigenvalue weighted by Gasteiger charge is -2.13. The van der Waals surface area contributed by atoms with Crippen molar-refractivity contribution < 1.29 is 9.59 Å². The topological polar surface area (TPSA) is 37.4 Å². The molecule has 1 aliphatic carbocycles. The normalized spacial score (nSPS) is 21.3. The summed E-state index contributed by atoms with van der Waals surface area (Å²) in [6, 6.07) is 0. The summed E-state index contributed by atoms with van der Waals surface area (Å²) in [7, 11) is 0. The second kappa shape index (κ2) is 4.35. The van der Waals surface area contributed by atoms with Crippen LogP contribution in [0.25, 0.3) is 0 Å². The molecule has 0 radical (unpaired) electrons. The van der Waals surface area contributed by atoms with Crippen molar-refractivity contribution in [1.82, 2.24) is 4.90 Å². The van der Waals surface area contributed by atoms with Gasteiger partial charge in [0.15, 0.2) is 0 Å². The number of carbonyl (C=O) groups excluding carboxylic acids is 2. The lowest BCUT2D eigenvalue weighted by Crippen LogP contribution is -2.32. The minimum atomic E-state index is -0.0696. The van der Waals surface area contributed by atoms with Crippen molar-refractivity contribution in [2.75, 3.05) is 12.4 Å². The molecule has 0 bridgehead atoms. The van der Waals surface area contributed by atoms with Gasteiger partial charge in [0.05, 0.1) is 0 Å². The van der Waals surface area contributed by atoms with E-state index in [2.05, 4.69) is 0 Å². The number of imide groups is 1. The summed E-state index contributed by atoms with van der Waals surface area (Å²) in [5.74, 6) is 0.349. The van der Waals surface area contributed by atoms with Gasteiger partial charge in [-0.25, -0.2) is 0 Å². The van der Waals surface area contributed by atoms with Crippen LogP contribution in [0.3, 0.4) is 0 Å². The van der Waals surface area contributed by atoms with Crippen molar-refractivity contribution in [2.45, 2.75) is 32.1 Å². The maximum atomic E-state index is 11.9. The molecule has 1 heterocycles. The van der Waals surface area contributed by atoms with E-state index in [1.54, 1.807) is 0 Å². The molecule has 0 N–H and O–H groups in total. The zero-order valence-corrected chi connectivity index (χ0v) is 9.35. The number of carbonyl (C=O) groups is 2. The van der Waals surface area contributed by atoms with Crippen LogP contribution < -0.4 is 0 Å². The van der Waals surface area contributed by atoms with E-state index < -0.39 is 0 Å². The number of hydrogen-bond acceptors (Lipinski definition) is 2. The van der Waals surface area contributed by atoms with E-state index in [9.17, 15) is 9.59 Å². The summed E-state index contributed by atoms with van der Waals surface area (Å²) >= 11 is 5.57. The van der Waals surface area contributed by atoms with E-state index in [0.29, 0.717) is 18.8 Å². The van der Waals surface area contributed by atoms with Crippen LogP contribution in [0, 0.1) is 0 Å². The molecular formula is C11H14ClNO2. The number of amides is 2. The molecule has 2 aliphatic rings. The third-order valence-corrected chi connectivity index (χ3v) is 3.26. The van der Waals surface area contributed by atoms with E-state index in [1.165, 1.54) is 4.90 Å². The van der Waals surface area contributed by atoms with Crippen molar-refractivity contribution >= 4 is 23.4 Å². The van der Waals surface area contributed by atoms with Gasteiger partial charge in [-0.05, 0) is 32.1 Å². The van der Waals surface area contributed by atoms with Crippen LogP contribution in [0.2, 0.25) is 0 Å². The summed E-state index contributed by atoms with van der Waals surface area (Å²) in [5, 5.41) is 0. The van der Waals surface area contributed by atoms with Gasteiger partial charge in [0.25, 0.3) is 11.8 Å². The van der Waals surface area contributed by atoms with E-state index in [1.807, 2.05) is 0 Å². The molecule has 0 fully saturated rings. The molecule has 2 amide bonds. The number of hydrogen-bond donors (Lipinski definition) is 0. The zero-order chi connectivity index (χ0) is 10.8. The van der Waals surface area contributed by atoms with E-state index in [4.69, 9.17) is 11.6 Å². The fraction of sp³-hybridized carbons (Fsp3) is 0.636. The van der Waals surface area contributed by atoms with Crippen LogP contribution in [0.1, 0.15) is 32.1 Å². The molecule has 2 rings (SSSR count). The van der Waals surface area contributed by atoms with Gasteiger partial charge in [-0.1, -0.05) is 0 Å². The van der Waals surface area contributed by atoms with Crippen LogP contribution in [-0.2, 0) is 9.59 Å². The van der Waals surface area contributed by atoms with Crippen molar-refractivity contribution in [2.24, 2.45) is 0 Å². The molecule has 15 heavy (non-hydrogen) atoms. The van der Waals surface area contributed by atoms with Crippen LogP contribution in [0.15, 0.2) is 11.1 Å². The standard InChI is InChI=1S/C11H14ClNO2/c12-6-3-7-13-10(14)8-4-1-2-5-9(8)11(13)15/h1-7H2. The Kier molecular flexibility index (Phi) is 3.10. The van der Waals surface area contributed by atoms with Crippen LogP contribution in [0.4, 0.5) is 0 Å². The average Bonchev–Trinajstić information content (AvgIpc) is 2.51. The fourth-order valence-corrected chi connectivity index (χ4v) is 2.34. The predicted molar refractivity (Wildman–Crippen MR) is 57.6 cm³/mol. The van der Waals surface area contributed by atoms with Gasteiger partial charge < -0.3 is 0 Å². The van der Waals surface area contributed by atoms with Gasteiger partial charge in [-0.15, -0.1) is 11.6 Å². The number of alkyl halides is 1. The van der Waals surface area contributed by atoms with Crippen molar-refractivity contribution in [1.29, 1.82) is 0 Å². The number of rotatable bonds is 3. The Balaban J connectivity index is 2.14. The molecule has 0 aromatic heterocycles. The number of nitrogens with zero attached hydrogens (tertiary/aromatic N) is 1. The highest BCUT2D eigenvalue weighted by atomic mass is 35.5. The molecule has 3 nitrogen and oxygen atoms in total. The Labute approximate surface area is 94.1 Å². The molecular weight excluding hydrogens is 214 g/mol. The maximum absolute atomic E-state index is 11.9. The SMILES string of the molecule is O=C1C2=C(CCCC2)C(=O)N1CCCCl. The highest BCUT2D eigenvalue weighted by molar-refractivity contribution is 6.19. The maximum Gasteiger partial charge on any atom is 0.257 e. The summed E-state index contributed by atoms with van der Waals surface area (Å²) in [6.45, 7) is 0.466. The smallest absolute Gasteiger partial charge is 0.257 e. The molecule has 0 aromatic rings. The largest absolute Gasteiger partial charge is 0.275 e. The van der Waals surface area contributed by atoms with Crippen molar-refractivity contribution in [3.05, 3.63) is 11.1 Å². The quantitative estimate of drug-likeness (QED) is 0.545. The summed E-state index contributed by atoms with van der Waals surface area (Å²) in [6.07, 6.45) is 4.29. The molecule has 82 valence electrons. The first kappa shape index (κ1) is 10.7. The third kappa shape index (κ3) is 1.81. The van der Waals surface area contributed by atoms with Gasteiger partial charge in [0.1, 0.15) is 0 Å². The molecule has 0 aromatic carbocycles. The van der Waals surface area contributed by atoms with Gasteiger partial charge in [-0.2, -0.15) is 0 Å². The van der Waals surface area contributed by atoms with Crippen LogP contribution >= 0.6 is 11.6 Å². The zero-order valence-electron chi connectivity index (χ0n) is 8.59. The minimum Gasteiger partial charge on any atom is -0.275 e. The second-order valence-corrected chi connectivity index (χ2v) is 4.35. The van der Waals surface area contributed by atoms with Gasteiger partial charge in [0.2, 0.25) is 0 Å². The first-order valence-corrected chi connectivity index (χ1v) is 5.93. The second-order valence-electron chi connectivity index (χ2n) is 3.97. The van der Waals surface area contributed by atoms with Crippen molar-refractivity contribution in [3.8, 4) is 0 Å². The summed E-state index contributed by atoms with van der Waals surface area (Å²) < 4.78 is 0. The lowest BCUT2D eigenvalue weighted by molar-refractivity contribution is -0.137. The Hall–Kier alpha value is -0.830. The highest BCUT2D eigenvalue weighted by Gasteiger charge is 2.37. The van der Waals surface area contributed by atoms with Gasteiger partial charge in [0, 0.05) is 23.6 Å². The number of halogens is 1. The van der Waals surface area contributed by atoms with Gasteiger partial charge in [-0.3, -0.25) is 14.5 Å². The van der Waals surface area contributed by atoms with Crippen molar-refractivity contribution in [3.63, 3.8) is 0 Å². The molecule has 0 saturated carbocycles. The Bertz CT molecular complexity index is 307. The first-order chi connectivity index (χ1) is 7.25. The van der Waals surface area contributed by atoms with Gasteiger partial charge >= 0.3 is 0 Å². The summed E-state index contributed by atoms with van der Waals surface area (Å²) in [4.78, 5) is 25.1. The van der Waals surface area contributed by atoms with E-state index in [-0.39, 0.29) is 11.8 Å². The average molecular weight is 228 g/mol.